The summed E-state index contributed by atoms with van der Waals surface area (Å²) in [4.78, 5) is 17.4. The highest BCUT2D eigenvalue weighted by Crippen LogP contribution is 2.19. The Bertz CT molecular complexity index is 917. The Morgan fingerprint density at radius 1 is 1.00 bits per heavy atom. The summed E-state index contributed by atoms with van der Waals surface area (Å²) in [6.07, 6.45) is 8.91. The van der Waals surface area contributed by atoms with Gasteiger partial charge in [-0.15, -0.1) is 11.3 Å². The number of hydrogen-bond acceptors (Lipinski definition) is 7. The number of nitrogens with zero attached hydrogens (tertiary/aromatic N) is 6. The second kappa shape index (κ2) is 7.29. The van der Waals surface area contributed by atoms with Crippen LogP contribution in [0.1, 0.15) is 11.3 Å². The van der Waals surface area contributed by atoms with Crippen LogP contribution in [0, 0.1) is 0 Å². The first-order valence-electron chi connectivity index (χ1n) is 7.76. The fourth-order valence-corrected chi connectivity index (χ4v) is 3.06. The topological polar surface area (TPSA) is 81.4 Å². The molecule has 4 heterocycles. The highest BCUT2D eigenvalue weighted by Gasteiger charge is 2.06. The molecule has 1 N–H and O–H groups in total. The lowest BCUT2D eigenvalue weighted by molar-refractivity contribution is 0.680. The third kappa shape index (κ3) is 3.76. The van der Waals surface area contributed by atoms with Crippen molar-refractivity contribution < 1.29 is 0 Å². The van der Waals surface area contributed by atoms with Gasteiger partial charge in [0.05, 0.1) is 5.69 Å². The van der Waals surface area contributed by atoms with Gasteiger partial charge >= 0.3 is 0 Å². The Morgan fingerprint density at radius 2 is 1.92 bits per heavy atom. The van der Waals surface area contributed by atoms with E-state index in [1.807, 2.05) is 36.0 Å². The molecule has 0 aromatic carbocycles. The molecule has 0 amide bonds. The summed E-state index contributed by atoms with van der Waals surface area (Å²) in [5.41, 5.74) is 2.09. The van der Waals surface area contributed by atoms with Crippen molar-refractivity contribution in [3.63, 3.8) is 0 Å². The summed E-state index contributed by atoms with van der Waals surface area (Å²) in [7, 11) is 0. The highest BCUT2D eigenvalue weighted by molar-refractivity contribution is 7.13. The molecule has 0 radical (unpaired) electrons. The fourth-order valence-electron chi connectivity index (χ4n) is 2.30. The lowest BCUT2D eigenvalue weighted by atomic mass is 10.3. The third-order valence-electron chi connectivity index (χ3n) is 3.49. The number of rotatable bonds is 6. The summed E-state index contributed by atoms with van der Waals surface area (Å²) in [6, 6.07) is 7.67. The lowest BCUT2D eigenvalue weighted by Crippen LogP contribution is -2.13. The molecule has 4 aromatic heterocycles. The largest absolute Gasteiger partial charge is 0.307 e. The highest BCUT2D eigenvalue weighted by atomic mass is 32.1. The van der Waals surface area contributed by atoms with Crippen LogP contribution in [0.2, 0.25) is 0 Å². The van der Waals surface area contributed by atoms with Gasteiger partial charge in [0.2, 0.25) is 0 Å². The van der Waals surface area contributed by atoms with E-state index in [0.717, 1.165) is 28.6 Å². The Kier molecular flexibility index (Phi) is 4.53. The van der Waals surface area contributed by atoms with Gasteiger partial charge in [-0.3, -0.25) is 0 Å². The van der Waals surface area contributed by atoms with Gasteiger partial charge in [-0.2, -0.15) is 5.10 Å². The van der Waals surface area contributed by atoms with Crippen molar-refractivity contribution in [1.29, 1.82) is 0 Å². The number of hydrogen-bond donors (Lipinski definition) is 1. The van der Waals surface area contributed by atoms with Gasteiger partial charge in [0, 0.05) is 49.5 Å². The van der Waals surface area contributed by atoms with Gasteiger partial charge in [0.15, 0.2) is 16.6 Å². The van der Waals surface area contributed by atoms with Crippen LogP contribution in [0.25, 0.3) is 16.6 Å². The standard InChI is InChI=1S/C17H15N7S/c1-5-19-16(20-6-1)17-23-14(12-25-17)11-18-9-13-3-4-15(21-10-13)24-8-2-7-22-24/h1-8,10,12,18H,9,11H2. The van der Waals surface area contributed by atoms with Crippen LogP contribution in [0.4, 0.5) is 0 Å². The Morgan fingerprint density at radius 3 is 2.68 bits per heavy atom. The second-order valence-electron chi connectivity index (χ2n) is 5.30. The number of pyridine rings is 1. The lowest BCUT2D eigenvalue weighted by Gasteiger charge is -2.04. The predicted octanol–water partition coefficient (Wildman–Crippen LogP) is 2.47. The zero-order valence-corrected chi connectivity index (χ0v) is 14.1. The molecule has 0 spiro atoms. The van der Waals surface area contributed by atoms with Gasteiger partial charge in [0.1, 0.15) is 0 Å². The zero-order chi connectivity index (χ0) is 16.9. The first-order chi connectivity index (χ1) is 12.4. The molecule has 7 nitrogen and oxygen atoms in total. The summed E-state index contributed by atoms with van der Waals surface area (Å²) < 4.78 is 1.74. The van der Waals surface area contributed by atoms with Crippen LogP contribution >= 0.6 is 11.3 Å². The van der Waals surface area contributed by atoms with Crippen molar-refractivity contribution in [3.05, 3.63) is 71.9 Å². The average Bonchev–Trinajstić information content (AvgIpc) is 3.35. The molecule has 0 saturated carbocycles. The van der Waals surface area contributed by atoms with E-state index in [0.29, 0.717) is 12.4 Å². The van der Waals surface area contributed by atoms with E-state index < -0.39 is 0 Å². The van der Waals surface area contributed by atoms with E-state index in [1.54, 1.807) is 40.7 Å². The second-order valence-corrected chi connectivity index (χ2v) is 6.15. The number of nitrogens with one attached hydrogen (secondary N) is 1. The Hall–Kier alpha value is -2.97. The zero-order valence-electron chi connectivity index (χ0n) is 13.3. The molecule has 0 atom stereocenters. The van der Waals surface area contributed by atoms with Crippen LogP contribution in [0.15, 0.2) is 60.6 Å². The van der Waals surface area contributed by atoms with E-state index in [1.165, 1.54) is 0 Å². The van der Waals surface area contributed by atoms with Crippen molar-refractivity contribution >= 4 is 11.3 Å². The van der Waals surface area contributed by atoms with Crippen molar-refractivity contribution in [3.8, 4) is 16.6 Å². The molecule has 0 bridgehead atoms. The van der Waals surface area contributed by atoms with Gasteiger partial charge in [-0.1, -0.05) is 6.07 Å². The molecule has 25 heavy (non-hydrogen) atoms. The normalized spacial score (nSPS) is 10.9. The molecular weight excluding hydrogens is 334 g/mol. The molecule has 0 saturated heterocycles. The maximum atomic E-state index is 4.56. The fraction of sp³-hybridized carbons (Fsp3) is 0.118. The minimum Gasteiger partial charge on any atom is -0.307 e. The summed E-state index contributed by atoms with van der Waals surface area (Å²) in [5.74, 6) is 1.47. The van der Waals surface area contributed by atoms with Crippen molar-refractivity contribution in [2.45, 2.75) is 13.1 Å². The molecular formula is C17H15N7S. The van der Waals surface area contributed by atoms with Gasteiger partial charge in [-0.05, 0) is 23.8 Å². The van der Waals surface area contributed by atoms with E-state index in [4.69, 9.17) is 0 Å². The molecule has 4 aromatic rings. The molecule has 124 valence electrons. The third-order valence-corrected chi connectivity index (χ3v) is 4.38. The first kappa shape index (κ1) is 15.6. The quantitative estimate of drug-likeness (QED) is 0.576. The monoisotopic (exact) mass is 349 g/mol. The van der Waals surface area contributed by atoms with Crippen LogP contribution in [0.5, 0.6) is 0 Å². The summed E-state index contributed by atoms with van der Waals surface area (Å²) >= 11 is 1.55. The van der Waals surface area contributed by atoms with Crippen molar-refractivity contribution in [2.75, 3.05) is 0 Å². The number of aromatic nitrogens is 6. The van der Waals surface area contributed by atoms with E-state index in [9.17, 15) is 0 Å². The van der Waals surface area contributed by atoms with Crippen LogP contribution in [0.3, 0.4) is 0 Å². The van der Waals surface area contributed by atoms with E-state index in [-0.39, 0.29) is 0 Å². The number of thiazole rings is 1. The molecule has 0 fully saturated rings. The van der Waals surface area contributed by atoms with E-state index in [2.05, 4.69) is 30.4 Å². The molecule has 0 aliphatic heterocycles. The van der Waals surface area contributed by atoms with Crippen molar-refractivity contribution in [2.24, 2.45) is 0 Å². The van der Waals surface area contributed by atoms with Gasteiger partial charge < -0.3 is 5.32 Å². The van der Waals surface area contributed by atoms with Crippen LogP contribution in [-0.2, 0) is 13.1 Å². The van der Waals surface area contributed by atoms with Crippen LogP contribution < -0.4 is 5.32 Å². The Balaban J connectivity index is 1.33. The van der Waals surface area contributed by atoms with Gasteiger partial charge in [0.25, 0.3) is 0 Å². The van der Waals surface area contributed by atoms with Crippen LogP contribution in [-0.4, -0.2) is 29.7 Å². The summed E-state index contributed by atoms with van der Waals surface area (Å²) in [5, 5.41) is 10.4. The van der Waals surface area contributed by atoms with E-state index >= 15 is 0 Å². The predicted molar refractivity (Wildman–Crippen MR) is 95.0 cm³/mol. The smallest absolute Gasteiger partial charge is 0.188 e. The molecule has 0 aliphatic carbocycles. The molecule has 8 heteroatoms. The molecule has 0 unspecified atom stereocenters. The minimum atomic E-state index is 0.664. The maximum Gasteiger partial charge on any atom is 0.188 e. The molecule has 4 rings (SSSR count). The first-order valence-corrected chi connectivity index (χ1v) is 8.64. The summed E-state index contributed by atoms with van der Waals surface area (Å²) in [6.45, 7) is 1.41. The van der Waals surface area contributed by atoms with Crippen molar-refractivity contribution in [1.82, 2.24) is 35.0 Å². The van der Waals surface area contributed by atoms with Gasteiger partial charge in [-0.25, -0.2) is 24.6 Å². The average molecular weight is 349 g/mol. The minimum absolute atomic E-state index is 0.664. The SMILES string of the molecule is c1cnc(-c2nc(CNCc3ccc(-n4cccn4)nc3)cs2)nc1. The molecule has 0 aliphatic rings. The maximum absolute atomic E-state index is 4.56. The Labute approximate surface area is 148 Å².